The molecule has 46 valence electrons. The van der Waals surface area contributed by atoms with Crippen molar-refractivity contribution in [1.29, 1.82) is 0 Å². The molecule has 0 aliphatic heterocycles. The molecule has 2 N–H and O–H groups in total. The summed E-state index contributed by atoms with van der Waals surface area (Å²) in [6, 6.07) is 0. The highest BCUT2D eigenvalue weighted by Gasteiger charge is 1.70. The lowest BCUT2D eigenvalue weighted by atomic mass is 10.7. The molecule has 0 aromatic rings. The molecule has 0 heterocycles. The Balaban J connectivity index is 2.91. The molecular weight excluding hydrogens is 104 g/mol. The second kappa shape index (κ2) is 6.17. The van der Waals surface area contributed by atoms with E-state index >= 15 is 0 Å². The van der Waals surface area contributed by atoms with Gasteiger partial charge in [0.05, 0.1) is 12.9 Å². The Morgan fingerprint density at radius 2 is 2.50 bits per heavy atom. The second-order valence-electron chi connectivity index (χ2n) is 1.14. The summed E-state index contributed by atoms with van der Waals surface area (Å²) < 4.78 is 0. The van der Waals surface area contributed by atoms with Crippen molar-refractivity contribution < 1.29 is 5.11 Å². The largest absolute Gasteiger partial charge is 0.395 e. The smallest absolute Gasteiger partial charge is 0.0879 e. The van der Waals surface area contributed by atoms with Gasteiger partial charge in [0.25, 0.3) is 0 Å². The van der Waals surface area contributed by atoms with Gasteiger partial charge in [-0.05, 0) is 0 Å². The Labute approximate surface area is 48.7 Å². The highest BCUT2D eigenvalue weighted by Crippen LogP contribution is 1.58. The Bertz CT molecular complexity index is 80.5. The molecule has 0 unspecified atom stereocenters. The van der Waals surface area contributed by atoms with E-state index in [0.717, 1.165) is 0 Å². The van der Waals surface area contributed by atoms with E-state index < -0.39 is 0 Å². The van der Waals surface area contributed by atoms with Gasteiger partial charge in [0.15, 0.2) is 0 Å². The Morgan fingerprint density at radius 1 is 1.75 bits per heavy atom. The van der Waals surface area contributed by atoms with E-state index in [-0.39, 0.29) is 6.61 Å². The van der Waals surface area contributed by atoms with E-state index in [1.807, 2.05) is 0 Å². The molecule has 0 radical (unpaired) electrons. The number of hydrogen-bond donors (Lipinski definition) is 2. The fraction of sp³-hybridized carbons (Fsp3) is 0.400. The average Bonchev–Trinajstić information content (AvgIpc) is 1.81. The molecule has 3 nitrogen and oxygen atoms in total. The average molecular weight is 114 g/mol. The summed E-state index contributed by atoms with van der Waals surface area (Å²) in [6.45, 7) is 4.03. The van der Waals surface area contributed by atoms with Crippen LogP contribution in [0, 0.1) is 0 Å². The molecule has 3 heteroatoms. The Kier molecular flexibility index (Phi) is 5.53. The molecule has 0 aromatic carbocycles. The van der Waals surface area contributed by atoms with E-state index in [1.54, 1.807) is 0 Å². The fourth-order valence-electron chi connectivity index (χ4n) is 0.235. The van der Waals surface area contributed by atoms with Crippen LogP contribution < -0.4 is 5.32 Å². The van der Waals surface area contributed by atoms with E-state index in [4.69, 9.17) is 5.11 Å². The lowest BCUT2D eigenvalue weighted by molar-refractivity contribution is 0.301. The van der Waals surface area contributed by atoms with Crippen LogP contribution in [0.5, 0.6) is 0 Å². The quantitative estimate of drug-likeness (QED) is 0.300. The third-order valence-corrected chi connectivity index (χ3v) is 0.527. The molecule has 8 heavy (non-hydrogen) atoms. The number of aliphatic imine (C=N–C) groups is 1. The van der Waals surface area contributed by atoms with Crippen LogP contribution in [0.2, 0.25) is 0 Å². The molecule has 0 fully saturated rings. The first-order valence-electron chi connectivity index (χ1n) is 2.38. The normalized spacial score (nSPS) is 9.62. The zero-order valence-electron chi connectivity index (χ0n) is 4.67. The first-order chi connectivity index (χ1) is 3.91. The first-order valence-corrected chi connectivity index (χ1v) is 2.38. The molecular formula is C5H10N2O. The highest BCUT2D eigenvalue weighted by molar-refractivity contribution is 5.54. The van der Waals surface area contributed by atoms with E-state index in [9.17, 15) is 0 Å². The molecule has 0 atom stereocenters. The number of aliphatic hydroxyl groups excluding tert-OH is 1. The maximum Gasteiger partial charge on any atom is 0.0879 e. The highest BCUT2D eigenvalue weighted by atomic mass is 16.3. The fourth-order valence-corrected chi connectivity index (χ4v) is 0.235. The van der Waals surface area contributed by atoms with Crippen molar-refractivity contribution in [3.05, 3.63) is 12.8 Å². The number of aliphatic hydroxyl groups is 1. The van der Waals surface area contributed by atoms with Gasteiger partial charge >= 0.3 is 0 Å². The molecule has 0 rings (SSSR count). The van der Waals surface area contributed by atoms with Crippen molar-refractivity contribution in [3.8, 4) is 0 Å². The maximum atomic E-state index is 8.22. The van der Waals surface area contributed by atoms with Crippen molar-refractivity contribution in [2.24, 2.45) is 4.99 Å². The monoisotopic (exact) mass is 114 g/mol. The molecule has 0 saturated carbocycles. The van der Waals surface area contributed by atoms with Crippen LogP contribution in [0.3, 0.4) is 0 Å². The third-order valence-electron chi connectivity index (χ3n) is 0.527. The van der Waals surface area contributed by atoms with Crippen LogP contribution in [-0.2, 0) is 0 Å². The summed E-state index contributed by atoms with van der Waals surface area (Å²) in [4.78, 5) is 3.63. The van der Waals surface area contributed by atoms with Crippen LogP contribution >= 0.6 is 0 Å². The van der Waals surface area contributed by atoms with Crippen molar-refractivity contribution in [3.63, 3.8) is 0 Å². The molecule has 0 aromatic heterocycles. The van der Waals surface area contributed by atoms with Gasteiger partial charge in [-0.1, -0.05) is 6.58 Å². The maximum absolute atomic E-state index is 8.22. The number of rotatable bonds is 4. The molecule has 0 aliphatic carbocycles. The minimum atomic E-state index is 0.128. The summed E-state index contributed by atoms with van der Waals surface area (Å²) in [5.74, 6) is 0. The van der Waals surface area contributed by atoms with E-state index in [2.05, 4.69) is 16.9 Å². The standard InChI is InChI=1S/C5H10N2O/c1-2-6-5-7-3-4-8/h2,5,8H,1,3-4H2,(H,6,7). The first kappa shape index (κ1) is 7.17. The van der Waals surface area contributed by atoms with Crippen LogP contribution in [-0.4, -0.2) is 24.6 Å². The second-order valence-corrected chi connectivity index (χ2v) is 1.14. The zero-order chi connectivity index (χ0) is 6.24. The van der Waals surface area contributed by atoms with Crippen molar-refractivity contribution in [2.45, 2.75) is 0 Å². The summed E-state index contributed by atoms with van der Waals surface area (Å²) >= 11 is 0. The number of hydrogen-bond acceptors (Lipinski definition) is 2. The summed E-state index contributed by atoms with van der Waals surface area (Å²) in [5, 5.41) is 10.9. The van der Waals surface area contributed by atoms with Crippen molar-refractivity contribution in [2.75, 3.05) is 13.2 Å². The van der Waals surface area contributed by atoms with E-state index in [1.165, 1.54) is 12.5 Å². The predicted molar refractivity (Wildman–Crippen MR) is 33.8 cm³/mol. The molecule has 0 amide bonds. The molecule has 0 bridgehead atoms. The minimum Gasteiger partial charge on any atom is -0.395 e. The van der Waals surface area contributed by atoms with Crippen molar-refractivity contribution >= 4 is 6.34 Å². The van der Waals surface area contributed by atoms with Gasteiger partial charge in [-0.15, -0.1) is 0 Å². The summed E-state index contributed by atoms with van der Waals surface area (Å²) in [5.41, 5.74) is 0. The van der Waals surface area contributed by atoms with Gasteiger partial charge in [0, 0.05) is 12.7 Å². The van der Waals surface area contributed by atoms with Crippen molar-refractivity contribution in [1.82, 2.24) is 5.32 Å². The van der Waals surface area contributed by atoms with Gasteiger partial charge in [0.2, 0.25) is 0 Å². The number of nitrogens with zero attached hydrogens (tertiary/aromatic N) is 1. The molecule has 0 aliphatic rings. The Hall–Kier alpha value is -0.830. The van der Waals surface area contributed by atoms with Crippen LogP contribution in [0.4, 0.5) is 0 Å². The number of nitrogens with one attached hydrogen (secondary N) is 1. The SMILES string of the molecule is C=C/N=C/NCCO. The van der Waals surface area contributed by atoms with Gasteiger partial charge in [0.1, 0.15) is 0 Å². The van der Waals surface area contributed by atoms with Crippen LogP contribution in [0.25, 0.3) is 0 Å². The summed E-state index contributed by atoms with van der Waals surface area (Å²) in [6.07, 6.45) is 2.91. The third kappa shape index (κ3) is 5.17. The van der Waals surface area contributed by atoms with Gasteiger partial charge in [-0.25, -0.2) is 4.99 Å². The van der Waals surface area contributed by atoms with Gasteiger partial charge in [-0.2, -0.15) is 0 Å². The van der Waals surface area contributed by atoms with Crippen LogP contribution in [0.1, 0.15) is 0 Å². The summed E-state index contributed by atoms with van der Waals surface area (Å²) in [7, 11) is 0. The lowest BCUT2D eigenvalue weighted by Gasteiger charge is -1.90. The minimum absolute atomic E-state index is 0.128. The molecule has 0 spiro atoms. The predicted octanol–water partition coefficient (Wildman–Crippen LogP) is -0.260. The van der Waals surface area contributed by atoms with Crippen LogP contribution in [0.15, 0.2) is 17.8 Å². The van der Waals surface area contributed by atoms with Gasteiger partial charge in [-0.3, -0.25) is 0 Å². The van der Waals surface area contributed by atoms with Gasteiger partial charge < -0.3 is 10.4 Å². The molecule has 0 saturated heterocycles. The van der Waals surface area contributed by atoms with E-state index in [0.29, 0.717) is 6.54 Å². The Morgan fingerprint density at radius 3 is 3.00 bits per heavy atom. The zero-order valence-corrected chi connectivity index (χ0v) is 4.67. The lowest BCUT2D eigenvalue weighted by Crippen LogP contribution is -2.15. The topological polar surface area (TPSA) is 44.6 Å².